The van der Waals surface area contributed by atoms with Crippen LogP contribution in [0.2, 0.25) is 0 Å². The van der Waals surface area contributed by atoms with E-state index in [1.165, 1.54) is 37.7 Å². The number of rotatable bonds is 5. The third-order valence-electron chi connectivity index (χ3n) is 8.08. The Morgan fingerprint density at radius 2 is 2.00 bits per heavy atom. The standard InChI is InChI=1S/C27H34O5/c1-7-21-27(5,12-10-17-15(2)9-8-11-26(17,3)4)23-19(29)13-16-22(25(23)32-21)18(28)14-20(31-6)24(16)30/h13-14,17,21,29H,2,7-12H2,1,3-6H3/t17-,21+,27-/m0/s1. The molecule has 1 aromatic carbocycles. The van der Waals surface area contributed by atoms with Crippen molar-refractivity contribution in [3.63, 3.8) is 0 Å². The Kier molecular flexibility index (Phi) is 5.51. The molecule has 1 heterocycles. The normalized spacial score (nSPS) is 28.7. The fourth-order valence-electron chi connectivity index (χ4n) is 6.24. The molecule has 1 aliphatic heterocycles. The Morgan fingerprint density at radius 3 is 2.62 bits per heavy atom. The van der Waals surface area contributed by atoms with Gasteiger partial charge in [-0.15, -0.1) is 0 Å². The summed E-state index contributed by atoms with van der Waals surface area (Å²) in [5.74, 6) is 0.0232. The van der Waals surface area contributed by atoms with Crippen molar-refractivity contribution >= 4 is 11.6 Å². The van der Waals surface area contributed by atoms with E-state index in [2.05, 4.69) is 34.3 Å². The second-order valence-corrected chi connectivity index (χ2v) is 10.5. The summed E-state index contributed by atoms with van der Waals surface area (Å²) in [7, 11) is 1.36. The number of fused-ring (bicyclic) bond motifs is 3. The summed E-state index contributed by atoms with van der Waals surface area (Å²) >= 11 is 0. The highest BCUT2D eigenvalue weighted by atomic mass is 16.5. The van der Waals surface area contributed by atoms with E-state index in [1.807, 2.05) is 0 Å². The predicted octanol–water partition coefficient (Wildman–Crippen LogP) is 5.89. The van der Waals surface area contributed by atoms with Gasteiger partial charge >= 0.3 is 0 Å². The average Bonchev–Trinajstić information content (AvgIpc) is 3.02. The quantitative estimate of drug-likeness (QED) is 0.580. The van der Waals surface area contributed by atoms with Crippen LogP contribution in [0.4, 0.5) is 0 Å². The number of phenols is 1. The summed E-state index contributed by atoms with van der Waals surface area (Å²) in [6.45, 7) is 13.2. The van der Waals surface area contributed by atoms with E-state index in [0.717, 1.165) is 25.7 Å². The van der Waals surface area contributed by atoms with Gasteiger partial charge in [0.05, 0.1) is 12.7 Å². The zero-order valence-electron chi connectivity index (χ0n) is 19.8. The van der Waals surface area contributed by atoms with Crippen molar-refractivity contribution in [2.24, 2.45) is 11.3 Å². The van der Waals surface area contributed by atoms with Crippen LogP contribution in [-0.2, 0) is 10.2 Å². The molecule has 0 aromatic heterocycles. The van der Waals surface area contributed by atoms with Crippen LogP contribution in [0, 0.1) is 11.3 Å². The summed E-state index contributed by atoms with van der Waals surface area (Å²) < 4.78 is 11.4. The number of carbonyl (C=O) groups is 2. The van der Waals surface area contributed by atoms with Gasteiger partial charge < -0.3 is 14.6 Å². The fourth-order valence-corrected chi connectivity index (χ4v) is 6.24. The molecule has 0 amide bonds. The molecule has 1 N–H and O–H groups in total. The molecule has 32 heavy (non-hydrogen) atoms. The highest BCUT2D eigenvalue weighted by molar-refractivity contribution is 6.25. The molecule has 0 radical (unpaired) electrons. The summed E-state index contributed by atoms with van der Waals surface area (Å²) in [4.78, 5) is 25.7. The van der Waals surface area contributed by atoms with Crippen LogP contribution >= 0.6 is 0 Å². The largest absolute Gasteiger partial charge is 0.507 e. The van der Waals surface area contributed by atoms with Gasteiger partial charge in [0, 0.05) is 22.6 Å². The van der Waals surface area contributed by atoms with Gasteiger partial charge in [0.15, 0.2) is 11.5 Å². The van der Waals surface area contributed by atoms with E-state index in [9.17, 15) is 14.7 Å². The first kappa shape index (κ1) is 22.6. The number of phenolic OH excluding ortho intramolecular Hbond substituents is 1. The Hall–Kier alpha value is -2.56. The molecule has 5 nitrogen and oxygen atoms in total. The van der Waals surface area contributed by atoms with Crippen LogP contribution in [0.25, 0.3) is 0 Å². The molecule has 1 saturated carbocycles. The van der Waals surface area contributed by atoms with E-state index in [-0.39, 0.29) is 39.9 Å². The van der Waals surface area contributed by atoms with Gasteiger partial charge in [0.2, 0.25) is 5.78 Å². The van der Waals surface area contributed by atoms with Crippen molar-refractivity contribution in [2.75, 3.05) is 7.11 Å². The zero-order chi connectivity index (χ0) is 23.4. The Morgan fingerprint density at radius 1 is 1.28 bits per heavy atom. The molecule has 0 unspecified atom stereocenters. The van der Waals surface area contributed by atoms with E-state index >= 15 is 0 Å². The van der Waals surface area contributed by atoms with Crippen LogP contribution in [-0.4, -0.2) is 29.9 Å². The SMILES string of the molecule is C=C1CCCC(C)(C)[C@H]1CC[C@]1(C)c2c(O)cc3c(c2O[C@@H]1CC)C(=O)C=C(OC)C3=O. The molecule has 3 aliphatic rings. The number of ether oxygens (including phenoxy) is 2. The van der Waals surface area contributed by atoms with Gasteiger partial charge in [0.1, 0.15) is 17.6 Å². The van der Waals surface area contributed by atoms with Crippen LogP contribution in [0.3, 0.4) is 0 Å². The first-order valence-corrected chi connectivity index (χ1v) is 11.6. The Balaban J connectivity index is 1.76. The van der Waals surface area contributed by atoms with Gasteiger partial charge in [-0.25, -0.2) is 0 Å². The molecule has 1 aromatic rings. The second-order valence-electron chi connectivity index (χ2n) is 10.5. The van der Waals surface area contributed by atoms with Gasteiger partial charge in [0.25, 0.3) is 0 Å². The highest BCUT2D eigenvalue weighted by Crippen LogP contribution is 2.56. The number of ketones is 2. The van der Waals surface area contributed by atoms with Crippen molar-refractivity contribution in [3.8, 4) is 11.5 Å². The second kappa shape index (κ2) is 7.79. The molecule has 5 heteroatoms. The number of Topliss-reactive ketones (excluding diaryl/α,β-unsaturated/α-hetero) is 1. The lowest BCUT2D eigenvalue weighted by molar-refractivity contribution is 0.0910. The summed E-state index contributed by atoms with van der Waals surface area (Å²) in [6, 6.07) is 1.42. The maximum atomic E-state index is 12.9. The van der Waals surface area contributed by atoms with Gasteiger partial charge in [-0.05, 0) is 55.9 Å². The zero-order valence-corrected chi connectivity index (χ0v) is 19.8. The van der Waals surface area contributed by atoms with Crippen LogP contribution in [0.1, 0.15) is 92.5 Å². The molecule has 1 fully saturated rings. The monoisotopic (exact) mass is 438 g/mol. The lowest BCUT2D eigenvalue weighted by Gasteiger charge is -2.42. The number of aromatic hydroxyl groups is 1. The molecular weight excluding hydrogens is 404 g/mol. The highest BCUT2D eigenvalue weighted by Gasteiger charge is 2.50. The number of allylic oxidation sites excluding steroid dienone is 3. The maximum absolute atomic E-state index is 12.9. The topological polar surface area (TPSA) is 72.8 Å². The lowest BCUT2D eigenvalue weighted by atomic mass is 9.62. The summed E-state index contributed by atoms with van der Waals surface area (Å²) in [5.41, 5.74) is 2.07. The van der Waals surface area contributed by atoms with Crippen molar-refractivity contribution < 1.29 is 24.2 Å². The van der Waals surface area contributed by atoms with Gasteiger partial charge in [-0.3, -0.25) is 9.59 Å². The number of methoxy groups -OCH3 is 1. The third-order valence-corrected chi connectivity index (χ3v) is 8.08. The van der Waals surface area contributed by atoms with E-state index in [1.54, 1.807) is 0 Å². The van der Waals surface area contributed by atoms with Crippen molar-refractivity contribution in [2.45, 2.75) is 77.7 Å². The van der Waals surface area contributed by atoms with E-state index < -0.39 is 11.2 Å². The summed E-state index contributed by atoms with van der Waals surface area (Å²) in [5, 5.41) is 11.1. The van der Waals surface area contributed by atoms with Crippen LogP contribution in [0.5, 0.6) is 11.5 Å². The van der Waals surface area contributed by atoms with Crippen LogP contribution in [0.15, 0.2) is 30.1 Å². The number of hydrogen-bond acceptors (Lipinski definition) is 5. The minimum Gasteiger partial charge on any atom is -0.507 e. The van der Waals surface area contributed by atoms with E-state index in [0.29, 0.717) is 17.2 Å². The smallest absolute Gasteiger partial charge is 0.228 e. The molecule has 0 saturated heterocycles. The Bertz CT molecular complexity index is 1030. The number of hydrogen-bond donors (Lipinski definition) is 1. The molecule has 0 bridgehead atoms. The summed E-state index contributed by atoms with van der Waals surface area (Å²) in [6.07, 6.45) is 6.94. The van der Waals surface area contributed by atoms with Gasteiger partial charge in [-0.2, -0.15) is 0 Å². The molecule has 3 atom stereocenters. The average molecular weight is 439 g/mol. The molecular formula is C27H34O5. The maximum Gasteiger partial charge on any atom is 0.228 e. The van der Waals surface area contributed by atoms with E-state index in [4.69, 9.17) is 9.47 Å². The Labute approximate surface area is 190 Å². The van der Waals surface area contributed by atoms with Crippen molar-refractivity contribution in [3.05, 3.63) is 46.7 Å². The lowest BCUT2D eigenvalue weighted by Crippen LogP contribution is -2.37. The van der Waals surface area contributed by atoms with Crippen molar-refractivity contribution in [1.82, 2.24) is 0 Å². The third kappa shape index (κ3) is 3.28. The van der Waals surface area contributed by atoms with Crippen molar-refractivity contribution in [1.29, 1.82) is 0 Å². The molecule has 172 valence electrons. The predicted molar refractivity (Wildman–Crippen MR) is 123 cm³/mol. The minimum atomic E-state index is -0.467. The minimum absolute atomic E-state index is 0.0115. The molecule has 2 aliphatic carbocycles. The number of carbonyl (C=O) groups excluding carboxylic acids is 2. The fraction of sp³-hybridized carbons (Fsp3) is 0.556. The first-order valence-electron chi connectivity index (χ1n) is 11.6. The van der Waals surface area contributed by atoms with Crippen LogP contribution < -0.4 is 4.74 Å². The first-order chi connectivity index (χ1) is 15.0. The molecule has 0 spiro atoms. The number of benzene rings is 1. The van der Waals surface area contributed by atoms with Gasteiger partial charge in [-0.1, -0.05) is 39.8 Å². The molecule has 4 rings (SSSR count).